The number of hydrogen-bond donors (Lipinski definition) is 0. The molecule has 1 aromatic rings. The van der Waals surface area contributed by atoms with Crippen LogP contribution in [0, 0.1) is 29.0 Å². The van der Waals surface area contributed by atoms with Gasteiger partial charge in [0.05, 0.1) is 0 Å². The first-order valence-electron chi connectivity index (χ1n) is 11.3. The Hall–Kier alpha value is -1.35. The van der Waals surface area contributed by atoms with Gasteiger partial charge in [-0.2, -0.15) is 0 Å². The van der Waals surface area contributed by atoms with Gasteiger partial charge in [-0.15, -0.1) is 6.58 Å². The molecule has 0 aliphatic carbocycles. The predicted molar refractivity (Wildman–Crippen MR) is 127 cm³/mol. The number of nitrogens with zero attached hydrogens (tertiary/aromatic N) is 1. The molecule has 0 aromatic heterocycles. The lowest BCUT2D eigenvalue weighted by Crippen LogP contribution is -2.44. The van der Waals surface area contributed by atoms with Crippen molar-refractivity contribution in [3.63, 3.8) is 0 Å². The topological polar surface area (TPSA) is 3.24 Å². The number of halogens is 1. The monoisotopic (exact) mass is 397 g/mol. The van der Waals surface area contributed by atoms with Gasteiger partial charge < -0.3 is 4.90 Å². The molecule has 0 saturated heterocycles. The van der Waals surface area contributed by atoms with E-state index in [1.165, 1.54) is 0 Å². The van der Waals surface area contributed by atoms with E-state index >= 15 is 0 Å². The minimum absolute atomic E-state index is 0.110. The van der Waals surface area contributed by atoms with E-state index in [1.54, 1.807) is 12.1 Å². The Morgan fingerprint density at radius 3 is 2.48 bits per heavy atom. The average Bonchev–Trinajstić information content (AvgIpc) is 2.72. The Labute approximate surface area is 179 Å². The zero-order chi connectivity index (χ0) is 21.8. The molecule has 0 bridgehead atoms. The lowest BCUT2D eigenvalue weighted by molar-refractivity contribution is 0.179. The van der Waals surface area contributed by atoms with Crippen LogP contribution in [0.2, 0.25) is 6.32 Å². The Morgan fingerprint density at radius 1 is 1.21 bits per heavy atom. The summed E-state index contributed by atoms with van der Waals surface area (Å²) in [4.78, 5) is 2.49. The Balaban J connectivity index is 2.36. The van der Waals surface area contributed by atoms with Gasteiger partial charge in [-0.1, -0.05) is 72.2 Å². The minimum atomic E-state index is -0.110. The second kappa shape index (κ2) is 10.1. The lowest BCUT2D eigenvalue weighted by Gasteiger charge is -2.39. The highest BCUT2D eigenvalue weighted by Gasteiger charge is 2.34. The molecule has 1 aliphatic heterocycles. The van der Waals surface area contributed by atoms with E-state index in [0.717, 1.165) is 37.6 Å². The van der Waals surface area contributed by atoms with Gasteiger partial charge in [0.15, 0.2) is 0 Å². The van der Waals surface area contributed by atoms with Gasteiger partial charge in [-0.05, 0) is 66.3 Å². The zero-order valence-corrected chi connectivity index (χ0v) is 19.7. The van der Waals surface area contributed by atoms with Gasteiger partial charge in [-0.25, -0.2) is 4.39 Å². The van der Waals surface area contributed by atoms with Crippen LogP contribution in [0.4, 0.5) is 4.39 Å². The smallest absolute Gasteiger partial charge is 0.144 e. The van der Waals surface area contributed by atoms with Gasteiger partial charge in [0.25, 0.3) is 0 Å². The Kier molecular flexibility index (Phi) is 8.34. The number of rotatable bonds is 7. The normalized spacial score (nSPS) is 25.8. The minimum Gasteiger partial charge on any atom is -0.303 e. The number of aryl methyl sites for hydroxylation is 1. The molecule has 1 aromatic carbocycles. The van der Waals surface area contributed by atoms with E-state index in [2.05, 4.69) is 84.4 Å². The van der Waals surface area contributed by atoms with Crippen LogP contribution in [0.3, 0.4) is 0 Å². The second-order valence-electron chi connectivity index (χ2n) is 10.7. The standard InChI is InChI=1S/C26H41BFN/c1-9-21-13-11-19(4)24(29(8)25(21)27-17-26(5,6)7)22-14-20(12-10-18(2)3)15-23(28)16-22/h9,11,13-16,18-19,21,24-25,27H,1,10,12,17H2,2-8H3. The predicted octanol–water partition coefficient (Wildman–Crippen LogP) is 6.62. The molecule has 0 spiro atoms. The zero-order valence-electron chi connectivity index (χ0n) is 19.7. The summed E-state index contributed by atoms with van der Waals surface area (Å²) in [5, 5.41) is 0. The van der Waals surface area contributed by atoms with Crippen molar-refractivity contribution < 1.29 is 4.39 Å². The van der Waals surface area contributed by atoms with E-state index in [9.17, 15) is 4.39 Å². The van der Waals surface area contributed by atoms with Crippen molar-refractivity contribution in [1.82, 2.24) is 4.90 Å². The van der Waals surface area contributed by atoms with Crippen LogP contribution in [0.25, 0.3) is 0 Å². The highest BCUT2D eigenvalue weighted by Crippen LogP contribution is 2.37. The first-order chi connectivity index (χ1) is 13.5. The highest BCUT2D eigenvalue weighted by molar-refractivity contribution is 6.38. The molecule has 1 nitrogen and oxygen atoms in total. The molecule has 4 unspecified atom stereocenters. The third-order valence-electron chi connectivity index (χ3n) is 6.34. The van der Waals surface area contributed by atoms with Crippen molar-refractivity contribution in [3.8, 4) is 0 Å². The van der Waals surface area contributed by atoms with E-state index in [-0.39, 0.29) is 11.9 Å². The number of benzene rings is 1. The van der Waals surface area contributed by atoms with E-state index in [0.29, 0.717) is 29.1 Å². The van der Waals surface area contributed by atoms with Crippen LogP contribution in [0.15, 0.2) is 43.0 Å². The van der Waals surface area contributed by atoms with Crippen LogP contribution >= 0.6 is 0 Å². The first-order valence-corrected chi connectivity index (χ1v) is 11.3. The summed E-state index contributed by atoms with van der Waals surface area (Å²) >= 11 is 0. The fraction of sp³-hybridized carbons (Fsp3) is 0.615. The molecule has 0 saturated carbocycles. The van der Waals surface area contributed by atoms with Crippen LogP contribution in [0.5, 0.6) is 0 Å². The third kappa shape index (κ3) is 6.84. The van der Waals surface area contributed by atoms with Gasteiger partial charge >= 0.3 is 0 Å². The first kappa shape index (κ1) is 23.9. The molecule has 0 N–H and O–H groups in total. The van der Waals surface area contributed by atoms with Gasteiger partial charge in [-0.3, -0.25) is 0 Å². The molecule has 3 heteroatoms. The van der Waals surface area contributed by atoms with Gasteiger partial charge in [0.2, 0.25) is 0 Å². The van der Waals surface area contributed by atoms with E-state index in [4.69, 9.17) is 0 Å². The van der Waals surface area contributed by atoms with Crippen molar-refractivity contribution in [2.45, 2.75) is 72.7 Å². The summed E-state index contributed by atoms with van der Waals surface area (Å²) < 4.78 is 14.6. The van der Waals surface area contributed by atoms with Crippen LogP contribution in [-0.2, 0) is 6.42 Å². The highest BCUT2D eigenvalue weighted by atomic mass is 19.1. The Bertz CT molecular complexity index is 703. The fourth-order valence-electron chi connectivity index (χ4n) is 4.58. The lowest BCUT2D eigenvalue weighted by atomic mass is 9.55. The molecule has 0 radical (unpaired) electrons. The van der Waals surface area contributed by atoms with Crippen molar-refractivity contribution >= 4 is 7.28 Å². The number of hydrogen-bond acceptors (Lipinski definition) is 1. The summed E-state index contributed by atoms with van der Waals surface area (Å²) in [7, 11) is 3.33. The Morgan fingerprint density at radius 2 is 1.90 bits per heavy atom. The van der Waals surface area contributed by atoms with E-state index in [1.807, 2.05) is 0 Å². The van der Waals surface area contributed by atoms with Crippen LogP contribution in [0.1, 0.15) is 65.1 Å². The maximum Gasteiger partial charge on any atom is 0.144 e. The molecule has 1 heterocycles. The maximum absolute atomic E-state index is 14.6. The summed E-state index contributed by atoms with van der Waals surface area (Å²) in [5.74, 6) is 1.53. The molecular weight excluding hydrogens is 356 g/mol. The van der Waals surface area contributed by atoms with Crippen molar-refractivity contribution in [1.29, 1.82) is 0 Å². The van der Waals surface area contributed by atoms with Gasteiger partial charge in [0, 0.05) is 12.0 Å². The summed E-state index contributed by atoms with van der Waals surface area (Å²) in [6.07, 6.45) is 9.89. The quantitative estimate of drug-likeness (QED) is 0.369. The average molecular weight is 397 g/mol. The molecule has 1 aliphatic rings. The van der Waals surface area contributed by atoms with Crippen LogP contribution in [-0.4, -0.2) is 25.2 Å². The molecular formula is C26H41BFN. The van der Waals surface area contributed by atoms with Crippen molar-refractivity contribution in [2.75, 3.05) is 7.05 Å². The molecule has 4 atom stereocenters. The SMILES string of the molecule is C=CC1C=CC(C)C(c2cc(F)cc(CCC(C)C)c2)N(C)C1BCC(C)(C)C. The summed E-state index contributed by atoms with van der Waals surface area (Å²) in [6, 6.07) is 5.88. The van der Waals surface area contributed by atoms with Gasteiger partial charge in [0.1, 0.15) is 13.1 Å². The largest absolute Gasteiger partial charge is 0.303 e. The van der Waals surface area contributed by atoms with Crippen LogP contribution < -0.4 is 0 Å². The second-order valence-corrected chi connectivity index (χ2v) is 10.7. The summed E-state index contributed by atoms with van der Waals surface area (Å²) in [6.45, 7) is 17.7. The molecule has 29 heavy (non-hydrogen) atoms. The fourth-order valence-corrected chi connectivity index (χ4v) is 4.58. The maximum atomic E-state index is 14.6. The third-order valence-corrected chi connectivity index (χ3v) is 6.34. The molecule has 0 fully saturated rings. The molecule has 0 amide bonds. The van der Waals surface area contributed by atoms with Crippen molar-refractivity contribution in [2.24, 2.45) is 23.2 Å². The van der Waals surface area contributed by atoms with E-state index < -0.39 is 0 Å². The molecule has 2 rings (SSSR count). The van der Waals surface area contributed by atoms with Crippen molar-refractivity contribution in [3.05, 3.63) is 60.0 Å². The molecule has 160 valence electrons. The summed E-state index contributed by atoms with van der Waals surface area (Å²) in [5.41, 5.74) is 2.52.